The lowest BCUT2D eigenvalue weighted by Gasteiger charge is -2.18. The van der Waals surface area contributed by atoms with Gasteiger partial charge in [0, 0.05) is 5.92 Å². The Morgan fingerprint density at radius 3 is 2.59 bits per heavy atom. The Kier molecular flexibility index (Phi) is 4.56. The molecule has 0 aliphatic carbocycles. The van der Waals surface area contributed by atoms with Crippen molar-refractivity contribution in [1.29, 1.82) is 0 Å². The highest BCUT2D eigenvalue weighted by molar-refractivity contribution is 7.99. The average Bonchev–Trinajstić information content (AvgIpc) is 2.60. The van der Waals surface area contributed by atoms with E-state index in [2.05, 4.69) is 15.2 Å². The zero-order chi connectivity index (χ0) is 13.1. The van der Waals surface area contributed by atoms with Gasteiger partial charge in [-0.25, -0.2) is 4.98 Å². The number of aromatic nitrogens is 3. The molecule has 1 aromatic heterocycles. The van der Waals surface area contributed by atoms with Crippen molar-refractivity contribution < 1.29 is 9.53 Å². The Morgan fingerprint density at radius 1 is 1.47 bits per heavy atom. The van der Waals surface area contributed by atoms with Gasteiger partial charge in [-0.15, -0.1) is 5.10 Å². The van der Waals surface area contributed by atoms with Crippen molar-refractivity contribution in [3.63, 3.8) is 0 Å². The monoisotopic (exact) mass is 257 g/mol. The van der Waals surface area contributed by atoms with E-state index in [9.17, 15) is 4.79 Å². The Hall–Kier alpha value is -1.04. The second-order valence-electron chi connectivity index (χ2n) is 5.03. The van der Waals surface area contributed by atoms with Crippen molar-refractivity contribution >= 4 is 17.7 Å². The minimum Gasteiger partial charge on any atom is -0.459 e. The number of ether oxygens (including phenoxy) is 1. The van der Waals surface area contributed by atoms with E-state index in [0.717, 1.165) is 5.82 Å². The van der Waals surface area contributed by atoms with E-state index in [1.807, 2.05) is 34.6 Å². The first kappa shape index (κ1) is 14.0. The molecular formula is C11H19N3O2S. The molecule has 0 spiro atoms. The number of hydrogen-bond acceptors (Lipinski definition) is 5. The lowest BCUT2D eigenvalue weighted by Crippen LogP contribution is -2.24. The zero-order valence-corrected chi connectivity index (χ0v) is 11.7. The van der Waals surface area contributed by atoms with Gasteiger partial charge in [-0.1, -0.05) is 25.6 Å². The molecule has 0 atom stereocenters. The first-order valence-electron chi connectivity index (χ1n) is 5.55. The number of nitrogens with zero attached hydrogens (tertiary/aromatic N) is 2. The van der Waals surface area contributed by atoms with Crippen molar-refractivity contribution in [2.24, 2.45) is 0 Å². The van der Waals surface area contributed by atoms with Crippen LogP contribution in [-0.4, -0.2) is 32.5 Å². The molecule has 0 unspecified atom stereocenters. The molecule has 17 heavy (non-hydrogen) atoms. The van der Waals surface area contributed by atoms with Gasteiger partial charge < -0.3 is 4.74 Å². The van der Waals surface area contributed by atoms with Crippen LogP contribution in [0.1, 0.15) is 46.4 Å². The Bertz CT molecular complexity index is 382. The van der Waals surface area contributed by atoms with Crippen LogP contribution < -0.4 is 0 Å². The molecule has 0 aromatic carbocycles. The van der Waals surface area contributed by atoms with E-state index < -0.39 is 5.60 Å². The number of esters is 1. The quantitative estimate of drug-likeness (QED) is 0.662. The normalized spacial score (nSPS) is 11.9. The number of thioether (sulfide) groups is 1. The minimum absolute atomic E-state index is 0.229. The molecule has 1 N–H and O–H groups in total. The van der Waals surface area contributed by atoms with E-state index in [-0.39, 0.29) is 11.7 Å². The van der Waals surface area contributed by atoms with E-state index in [1.54, 1.807) is 0 Å². The van der Waals surface area contributed by atoms with Crippen molar-refractivity contribution in [2.75, 3.05) is 5.75 Å². The van der Waals surface area contributed by atoms with Crippen LogP contribution in [0.3, 0.4) is 0 Å². The summed E-state index contributed by atoms with van der Waals surface area (Å²) in [5.74, 6) is 1.11. The van der Waals surface area contributed by atoms with Crippen LogP contribution in [0.25, 0.3) is 0 Å². The molecule has 1 aromatic rings. The topological polar surface area (TPSA) is 67.9 Å². The largest absolute Gasteiger partial charge is 0.459 e. The van der Waals surface area contributed by atoms with Gasteiger partial charge in [0.05, 0.1) is 5.75 Å². The third-order valence-electron chi connectivity index (χ3n) is 1.77. The first-order valence-corrected chi connectivity index (χ1v) is 6.53. The van der Waals surface area contributed by atoms with Crippen molar-refractivity contribution in [1.82, 2.24) is 15.2 Å². The maximum absolute atomic E-state index is 11.5. The van der Waals surface area contributed by atoms with Gasteiger partial charge >= 0.3 is 5.97 Å². The summed E-state index contributed by atoms with van der Waals surface area (Å²) < 4.78 is 5.19. The molecule has 0 bridgehead atoms. The molecule has 96 valence electrons. The summed E-state index contributed by atoms with van der Waals surface area (Å²) in [7, 11) is 0. The molecule has 6 heteroatoms. The van der Waals surface area contributed by atoms with E-state index in [0.29, 0.717) is 11.1 Å². The first-order chi connectivity index (χ1) is 7.78. The fourth-order valence-corrected chi connectivity index (χ4v) is 1.65. The van der Waals surface area contributed by atoms with Crippen LogP contribution >= 0.6 is 11.8 Å². The maximum Gasteiger partial charge on any atom is 0.316 e. The number of H-pyrrole nitrogens is 1. The number of aromatic amines is 1. The summed E-state index contributed by atoms with van der Waals surface area (Å²) in [6, 6.07) is 0. The highest BCUT2D eigenvalue weighted by Gasteiger charge is 2.17. The average molecular weight is 257 g/mol. The van der Waals surface area contributed by atoms with Crippen molar-refractivity contribution in [3.05, 3.63) is 5.82 Å². The lowest BCUT2D eigenvalue weighted by atomic mass is 10.2. The summed E-state index contributed by atoms with van der Waals surface area (Å²) in [5.41, 5.74) is -0.445. The molecule has 0 saturated carbocycles. The summed E-state index contributed by atoms with van der Waals surface area (Å²) in [6.07, 6.45) is 0. The molecule has 0 amide bonds. The van der Waals surface area contributed by atoms with Gasteiger partial charge in [-0.2, -0.15) is 0 Å². The number of hydrogen-bond donors (Lipinski definition) is 1. The van der Waals surface area contributed by atoms with E-state index >= 15 is 0 Å². The molecule has 0 aliphatic heterocycles. The summed E-state index contributed by atoms with van der Waals surface area (Å²) in [6.45, 7) is 9.60. The van der Waals surface area contributed by atoms with Crippen LogP contribution in [0.2, 0.25) is 0 Å². The number of carbonyl (C=O) groups is 1. The zero-order valence-electron chi connectivity index (χ0n) is 10.9. The molecule has 1 rings (SSSR count). The van der Waals surface area contributed by atoms with Gasteiger partial charge in [-0.05, 0) is 20.8 Å². The molecule has 1 heterocycles. The number of nitrogens with one attached hydrogen (secondary N) is 1. The molecule has 0 aliphatic rings. The summed E-state index contributed by atoms with van der Waals surface area (Å²) >= 11 is 1.28. The third kappa shape index (κ3) is 5.21. The lowest BCUT2D eigenvalue weighted by molar-refractivity contribution is -0.151. The maximum atomic E-state index is 11.5. The molecular weight excluding hydrogens is 238 g/mol. The molecule has 0 saturated heterocycles. The highest BCUT2D eigenvalue weighted by Crippen LogP contribution is 2.17. The smallest absolute Gasteiger partial charge is 0.316 e. The molecule has 0 radical (unpaired) electrons. The second-order valence-corrected chi connectivity index (χ2v) is 5.98. The summed E-state index contributed by atoms with van der Waals surface area (Å²) in [5, 5.41) is 7.45. The predicted molar refractivity (Wildman–Crippen MR) is 67.0 cm³/mol. The van der Waals surface area contributed by atoms with Crippen LogP contribution in [0.15, 0.2) is 5.16 Å². The van der Waals surface area contributed by atoms with E-state index in [1.165, 1.54) is 11.8 Å². The van der Waals surface area contributed by atoms with Crippen LogP contribution in [0, 0.1) is 0 Å². The number of rotatable bonds is 4. The van der Waals surface area contributed by atoms with E-state index in [4.69, 9.17) is 4.74 Å². The molecule has 0 fully saturated rings. The van der Waals surface area contributed by atoms with Crippen LogP contribution in [0.4, 0.5) is 0 Å². The van der Waals surface area contributed by atoms with Gasteiger partial charge in [0.25, 0.3) is 0 Å². The Morgan fingerprint density at radius 2 is 2.12 bits per heavy atom. The highest BCUT2D eigenvalue weighted by atomic mass is 32.2. The Balaban J connectivity index is 2.42. The predicted octanol–water partition coefficient (Wildman–Crippen LogP) is 2.36. The standard InChI is InChI=1S/C11H19N3O2S/c1-7(2)9-12-10(14-13-9)17-6-8(15)16-11(3,4)5/h7H,6H2,1-5H3,(H,12,13,14). The minimum atomic E-state index is -0.445. The van der Waals surface area contributed by atoms with Crippen LogP contribution in [-0.2, 0) is 9.53 Å². The Labute approximate surface area is 106 Å². The fourth-order valence-electron chi connectivity index (χ4n) is 1.08. The SMILES string of the molecule is CC(C)c1nc(SCC(=O)OC(C)(C)C)n[nH]1. The second kappa shape index (κ2) is 5.53. The van der Waals surface area contributed by atoms with Crippen LogP contribution in [0.5, 0.6) is 0 Å². The third-order valence-corrected chi connectivity index (χ3v) is 2.59. The molecule has 5 nitrogen and oxygen atoms in total. The fraction of sp³-hybridized carbons (Fsp3) is 0.727. The van der Waals surface area contributed by atoms with Crippen molar-refractivity contribution in [2.45, 2.75) is 51.3 Å². The van der Waals surface area contributed by atoms with Gasteiger partial charge in [0.1, 0.15) is 11.4 Å². The number of carbonyl (C=O) groups excluding carboxylic acids is 1. The van der Waals surface area contributed by atoms with Gasteiger partial charge in [0.2, 0.25) is 5.16 Å². The van der Waals surface area contributed by atoms with Gasteiger partial charge in [0.15, 0.2) is 0 Å². The van der Waals surface area contributed by atoms with Gasteiger partial charge in [-0.3, -0.25) is 9.89 Å². The van der Waals surface area contributed by atoms with Crippen molar-refractivity contribution in [3.8, 4) is 0 Å². The summed E-state index contributed by atoms with van der Waals surface area (Å²) in [4.78, 5) is 15.7.